The summed E-state index contributed by atoms with van der Waals surface area (Å²) in [6.07, 6.45) is 6.59. The smallest absolute Gasteiger partial charge is 0.111 e. The first-order valence-corrected chi connectivity index (χ1v) is 4.25. The number of allylic oxidation sites excluding steroid dienone is 4. The van der Waals surface area contributed by atoms with Crippen LogP contribution in [0, 0.1) is 5.92 Å². The highest BCUT2D eigenvalue weighted by Crippen LogP contribution is 2.31. The number of aliphatic hydroxyl groups is 1. The Bertz CT molecular complexity index is 339. The van der Waals surface area contributed by atoms with Gasteiger partial charge in [-0.1, -0.05) is 12.7 Å². The zero-order valence-corrected chi connectivity index (χ0v) is 7.57. The third-order valence-electron chi connectivity index (χ3n) is 2.44. The van der Waals surface area contributed by atoms with Crippen molar-refractivity contribution in [2.45, 2.75) is 6.42 Å². The molecule has 1 heterocycles. The van der Waals surface area contributed by atoms with Crippen LogP contribution >= 0.6 is 0 Å². The fourth-order valence-corrected chi connectivity index (χ4v) is 1.66. The predicted molar refractivity (Wildman–Crippen MR) is 52.3 cm³/mol. The Balaban J connectivity index is 2.28. The van der Waals surface area contributed by atoms with Crippen LogP contribution in [0.1, 0.15) is 6.42 Å². The van der Waals surface area contributed by atoms with Crippen molar-refractivity contribution in [3.63, 3.8) is 0 Å². The van der Waals surface area contributed by atoms with E-state index in [4.69, 9.17) is 0 Å². The minimum Gasteiger partial charge on any atom is -0.508 e. The summed E-state index contributed by atoms with van der Waals surface area (Å²) >= 11 is 0. The topological polar surface area (TPSA) is 35.8 Å². The number of nitrogens with zero attached hydrogens (tertiary/aromatic N) is 2. The lowest BCUT2D eigenvalue weighted by atomic mass is 9.92. The van der Waals surface area contributed by atoms with Crippen molar-refractivity contribution in [1.29, 1.82) is 0 Å². The molecule has 0 aromatic rings. The van der Waals surface area contributed by atoms with Crippen LogP contribution in [0.5, 0.6) is 0 Å². The van der Waals surface area contributed by atoms with Gasteiger partial charge in [0.15, 0.2) is 0 Å². The Morgan fingerprint density at radius 1 is 1.69 bits per heavy atom. The van der Waals surface area contributed by atoms with E-state index in [1.165, 1.54) is 5.70 Å². The van der Waals surface area contributed by atoms with Gasteiger partial charge in [-0.2, -0.15) is 5.10 Å². The first-order valence-electron chi connectivity index (χ1n) is 4.25. The second kappa shape index (κ2) is 2.76. The standard InChI is InChI=1S/C10H12N2O/c1-7(13)8-3-4-10-9(5-8)6-11-12(10)2/h3-4,6,9,13H,1,5H2,2H3. The molecule has 2 aliphatic rings. The highest BCUT2D eigenvalue weighted by atomic mass is 16.3. The molecule has 0 aromatic heterocycles. The Kier molecular flexibility index (Phi) is 1.72. The molecular formula is C10H12N2O. The van der Waals surface area contributed by atoms with Crippen LogP contribution in [-0.4, -0.2) is 23.4 Å². The largest absolute Gasteiger partial charge is 0.508 e. The summed E-state index contributed by atoms with van der Waals surface area (Å²) in [7, 11) is 1.93. The molecule has 2 rings (SSSR count). The molecule has 0 spiro atoms. The van der Waals surface area contributed by atoms with Crippen LogP contribution < -0.4 is 0 Å². The maximum atomic E-state index is 9.21. The van der Waals surface area contributed by atoms with Gasteiger partial charge >= 0.3 is 0 Å². The lowest BCUT2D eigenvalue weighted by Gasteiger charge is -2.19. The van der Waals surface area contributed by atoms with Gasteiger partial charge in [0.25, 0.3) is 0 Å². The van der Waals surface area contributed by atoms with Crippen LogP contribution in [0.2, 0.25) is 0 Å². The number of hydrazone groups is 1. The minimum absolute atomic E-state index is 0.165. The lowest BCUT2D eigenvalue weighted by Crippen LogP contribution is -2.14. The number of fused-ring (bicyclic) bond motifs is 1. The molecule has 0 radical (unpaired) electrons. The molecule has 13 heavy (non-hydrogen) atoms. The molecule has 0 aromatic carbocycles. The molecule has 3 nitrogen and oxygen atoms in total. The third kappa shape index (κ3) is 1.26. The zero-order chi connectivity index (χ0) is 9.42. The van der Waals surface area contributed by atoms with Crippen LogP contribution in [-0.2, 0) is 0 Å². The van der Waals surface area contributed by atoms with Crippen LogP contribution in [0.15, 0.2) is 40.9 Å². The summed E-state index contributed by atoms with van der Waals surface area (Å²) in [5, 5.41) is 15.2. The molecule has 1 unspecified atom stereocenters. The first-order chi connectivity index (χ1) is 6.18. The van der Waals surface area contributed by atoms with Crippen LogP contribution in [0.25, 0.3) is 0 Å². The van der Waals surface area contributed by atoms with Crippen molar-refractivity contribution >= 4 is 6.21 Å². The molecule has 3 heteroatoms. The Labute approximate surface area is 77.4 Å². The number of hydrogen-bond donors (Lipinski definition) is 1. The lowest BCUT2D eigenvalue weighted by molar-refractivity contribution is 0.409. The Morgan fingerprint density at radius 3 is 3.15 bits per heavy atom. The van der Waals surface area contributed by atoms with Gasteiger partial charge in [-0.15, -0.1) is 0 Å². The molecular weight excluding hydrogens is 164 g/mol. The number of hydrogen-bond acceptors (Lipinski definition) is 3. The summed E-state index contributed by atoms with van der Waals surface area (Å²) in [6.45, 7) is 3.51. The van der Waals surface area contributed by atoms with Crippen molar-refractivity contribution in [3.8, 4) is 0 Å². The van der Waals surface area contributed by atoms with Crippen molar-refractivity contribution in [3.05, 3.63) is 35.8 Å². The second-order valence-electron chi connectivity index (χ2n) is 3.33. The van der Waals surface area contributed by atoms with E-state index in [0.29, 0.717) is 5.92 Å². The van der Waals surface area contributed by atoms with Gasteiger partial charge in [0.05, 0.1) is 0 Å². The molecule has 0 saturated heterocycles. The molecule has 0 fully saturated rings. The average molecular weight is 176 g/mol. The summed E-state index contributed by atoms with van der Waals surface area (Å²) in [5.74, 6) is 0.479. The van der Waals surface area contributed by atoms with Gasteiger partial charge in [-0.25, -0.2) is 0 Å². The van der Waals surface area contributed by atoms with Crippen molar-refractivity contribution in [1.82, 2.24) is 5.01 Å². The molecule has 1 N–H and O–H groups in total. The predicted octanol–water partition coefficient (Wildman–Crippen LogP) is 1.82. The van der Waals surface area contributed by atoms with Crippen molar-refractivity contribution in [2.24, 2.45) is 11.0 Å². The van der Waals surface area contributed by atoms with E-state index in [2.05, 4.69) is 11.7 Å². The van der Waals surface area contributed by atoms with Crippen molar-refractivity contribution < 1.29 is 5.11 Å². The normalized spacial score (nSPS) is 25.3. The third-order valence-corrected chi connectivity index (χ3v) is 2.44. The van der Waals surface area contributed by atoms with Gasteiger partial charge in [0.2, 0.25) is 0 Å². The van der Waals surface area contributed by atoms with E-state index in [9.17, 15) is 5.11 Å². The highest BCUT2D eigenvalue weighted by molar-refractivity contribution is 5.69. The fraction of sp³-hybridized carbons (Fsp3) is 0.300. The molecule has 1 aliphatic heterocycles. The van der Waals surface area contributed by atoms with Gasteiger partial charge in [0.1, 0.15) is 5.76 Å². The summed E-state index contributed by atoms with van der Waals surface area (Å²) in [5.41, 5.74) is 2.08. The fourth-order valence-electron chi connectivity index (χ4n) is 1.66. The van der Waals surface area contributed by atoms with Crippen molar-refractivity contribution in [2.75, 3.05) is 7.05 Å². The van der Waals surface area contributed by atoms with E-state index in [1.54, 1.807) is 0 Å². The van der Waals surface area contributed by atoms with E-state index in [0.717, 1.165) is 12.0 Å². The maximum absolute atomic E-state index is 9.21. The quantitative estimate of drug-likeness (QED) is 0.618. The monoisotopic (exact) mass is 176 g/mol. The number of aliphatic hydroxyl groups excluding tert-OH is 1. The highest BCUT2D eigenvalue weighted by Gasteiger charge is 2.25. The maximum Gasteiger partial charge on any atom is 0.111 e. The van der Waals surface area contributed by atoms with E-state index in [1.807, 2.05) is 30.4 Å². The summed E-state index contributed by atoms with van der Waals surface area (Å²) in [4.78, 5) is 0. The molecule has 1 atom stereocenters. The van der Waals surface area contributed by atoms with E-state index in [-0.39, 0.29) is 5.76 Å². The average Bonchev–Trinajstić information content (AvgIpc) is 2.47. The Morgan fingerprint density at radius 2 is 2.46 bits per heavy atom. The first kappa shape index (κ1) is 8.10. The van der Waals surface area contributed by atoms with Gasteiger partial charge in [0, 0.05) is 24.9 Å². The SMILES string of the molecule is C=C(O)C1=CC=C2C(C=NN2C)C1. The molecule has 0 saturated carbocycles. The summed E-state index contributed by atoms with van der Waals surface area (Å²) in [6, 6.07) is 0. The molecule has 68 valence electrons. The minimum atomic E-state index is 0.165. The van der Waals surface area contributed by atoms with Crippen LogP contribution in [0.4, 0.5) is 0 Å². The second-order valence-corrected chi connectivity index (χ2v) is 3.33. The zero-order valence-electron chi connectivity index (χ0n) is 7.57. The van der Waals surface area contributed by atoms with Crippen LogP contribution in [0.3, 0.4) is 0 Å². The number of rotatable bonds is 1. The van der Waals surface area contributed by atoms with Gasteiger partial charge in [-0.3, -0.25) is 5.01 Å². The molecule has 0 bridgehead atoms. The molecule has 1 aliphatic carbocycles. The van der Waals surface area contributed by atoms with E-state index >= 15 is 0 Å². The molecule has 0 amide bonds. The van der Waals surface area contributed by atoms with Gasteiger partial charge in [-0.05, 0) is 18.1 Å². The van der Waals surface area contributed by atoms with E-state index < -0.39 is 0 Å². The van der Waals surface area contributed by atoms with Gasteiger partial charge < -0.3 is 5.11 Å². The summed E-state index contributed by atoms with van der Waals surface area (Å²) < 4.78 is 0. The Hall–Kier alpha value is -1.51.